The topological polar surface area (TPSA) is 48.7 Å². The Labute approximate surface area is 105 Å². The number of aromatic nitrogens is 1. The number of rotatable bonds is 3. The highest BCUT2D eigenvalue weighted by Gasteiger charge is 2.05. The molecular weight excluding hydrogens is 229 g/mol. The van der Waals surface area contributed by atoms with Crippen LogP contribution in [0, 0.1) is 17.1 Å². The minimum absolute atomic E-state index is 0.292. The molecule has 0 bridgehead atoms. The van der Waals surface area contributed by atoms with Gasteiger partial charge in [0.15, 0.2) is 0 Å². The highest BCUT2D eigenvalue weighted by atomic mass is 19.1. The molecular formula is C14H12FN3. The maximum atomic E-state index is 13.4. The van der Waals surface area contributed by atoms with Crippen LogP contribution in [0.5, 0.6) is 0 Å². The summed E-state index contributed by atoms with van der Waals surface area (Å²) in [7, 11) is 0. The van der Waals surface area contributed by atoms with Crippen LogP contribution < -0.4 is 5.32 Å². The number of hydrogen-bond acceptors (Lipinski definition) is 3. The second kappa shape index (κ2) is 5.28. The van der Waals surface area contributed by atoms with E-state index >= 15 is 0 Å². The van der Waals surface area contributed by atoms with E-state index in [1.165, 1.54) is 12.1 Å². The molecule has 0 fully saturated rings. The lowest BCUT2D eigenvalue weighted by atomic mass is 10.1. The molecule has 0 aliphatic carbocycles. The van der Waals surface area contributed by atoms with Crippen molar-refractivity contribution in [1.29, 1.82) is 5.26 Å². The predicted octanol–water partition coefficient (Wildman–Crippen LogP) is 3.19. The summed E-state index contributed by atoms with van der Waals surface area (Å²) in [5.74, 6) is 0.303. The Morgan fingerprint density at radius 3 is 2.89 bits per heavy atom. The molecule has 2 rings (SSSR count). The fraction of sp³-hybridized carbons (Fsp3) is 0.143. The molecule has 4 heteroatoms. The number of nitrogens with zero attached hydrogens (tertiary/aromatic N) is 2. The highest BCUT2D eigenvalue weighted by molar-refractivity contribution is 5.63. The molecule has 0 atom stereocenters. The zero-order chi connectivity index (χ0) is 13.0. The third kappa shape index (κ3) is 2.64. The van der Waals surface area contributed by atoms with Gasteiger partial charge < -0.3 is 5.32 Å². The first-order valence-electron chi connectivity index (χ1n) is 5.65. The van der Waals surface area contributed by atoms with E-state index in [1.54, 1.807) is 12.1 Å². The van der Waals surface area contributed by atoms with Gasteiger partial charge in [0, 0.05) is 12.1 Å². The lowest BCUT2D eigenvalue weighted by Crippen LogP contribution is -1.99. The van der Waals surface area contributed by atoms with Gasteiger partial charge in [0.1, 0.15) is 11.6 Å². The lowest BCUT2D eigenvalue weighted by molar-refractivity contribution is 0.628. The number of nitrogens with one attached hydrogen (secondary N) is 1. The van der Waals surface area contributed by atoms with E-state index in [0.717, 1.165) is 12.4 Å². The summed E-state index contributed by atoms with van der Waals surface area (Å²) in [6.07, 6.45) is 0. The molecule has 1 aromatic carbocycles. The first-order valence-corrected chi connectivity index (χ1v) is 5.65. The molecule has 0 spiro atoms. The summed E-state index contributed by atoms with van der Waals surface area (Å²) in [6, 6.07) is 11.6. The van der Waals surface area contributed by atoms with Crippen LogP contribution in [-0.4, -0.2) is 11.5 Å². The molecule has 18 heavy (non-hydrogen) atoms. The molecule has 0 amide bonds. The van der Waals surface area contributed by atoms with Gasteiger partial charge in [0.2, 0.25) is 0 Å². The number of halogens is 1. The average molecular weight is 241 g/mol. The van der Waals surface area contributed by atoms with Crippen molar-refractivity contribution in [2.45, 2.75) is 6.92 Å². The highest BCUT2D eigenvalue weighted by Crippen LogP contribution is 2.21. The van der Waals surface area contributed by atoms with Crippen LogP contribution in [-0.2, 0) is 0 Å². The molecule has 1 aromatic heterocycles. The second-order valence-electron chi connectivity index (χ2n) is 3.78. The summed E-state index contributed by atoms with van der Waals surface area (Å²) in [4.78, 5) is 4.36. The van der Waals surface area contributed by atoms with Crippen molar-refractivity contribution in [3.05, 3.63) is 47.8 Å². The Morgan fingerprint density at radius 2 is 2.17 bits per heavy atom. The minimum atomic E-state index is -0.431. The number of anilines is 1. The zero-order valence-corrected chi connectivity index (χ0v) is 9.94. The Hall–Kier alpha value is -2.41. The van der Waals surface area contributed by atoms with Crippen LogP contribution in [0.25, 0.3) is 11.3 Å². The van der Waals surface area contributed by atoms with Crippen LogP contribution >= 0.6 is 0 Å². The van der Waals surface area contributed by atoms with Gasteiger partial charge in [0.25, 0.3) is 0 Å². The Balaban J connectivity index is 2.45. The van der Waals surface area contributed by atoms with Gasteiger partial charge in [-0.25, -0.2) is 9.37 Å². The summed E-state index contributed by atoms with van der Waals surface area (Å²) >= 11 is 0. The van der Waals surface area contributed by atoms with Gasteiger partial charge in [-0.1, -0.05) is 6.07 Å². The summed E-state index contributed by atoms with van der Waals surface area (Å²) in [5, 5.41) is 11.9. The van der Waals surface area contributed by atoms with Crippen LogP contribution in [0.3, 0.4) is 0 Å². The second-order valence-corrected chi connectivity index (χ2v) is 3.78. The standard InChI is InChI=1S/C14H12FN3/c1-2-17-14-5-3-4-13(18-14)11-6-10(9-16)7-12(15)8-11/h3-8H,2H2,1H3,(H,17,18). The summed E-state index contributed by atoms with van der Waals surface area (Å²) in [5.41, 5.74) is 1.54. The molecule has 0 unspecified atom stereocenters. The van der Waals surface area contributed by atoms with E-state index < -0.39 is 5.82 Å². The molecule has 1 heterocycles. The van der Waals surface area contributed by atoms with E-state index in [-0.39, 0.29) is 0 Å². The fourth-order valence-corrected chi connectivity index (χ4v) is 1.68. The van der Waals surface area contributed by atoms with Gasteiger partial charge in [-0.2, -0.15) is 5.26 Å². The van der Waals surface area contributed by atoms with E-state index in [4.69, 9.17) is 5.26 Å². The Kier molecular flexibility index (Phi) is 3.54. The SMILES string of the molecule is CCNc1cccc(-c2cc(F)cc(C#N)c2)n1. The third-order valence-electron chi connectivity index (χ3n) is 2.43. The van der Waals surface area contributed by atoms with Crippen molar-refractivity contribution in [2.24, 2.45) is 0 Å². The summed E-state index contributed by atoms with van der Waals surface area (Å²) < 4.78 is 13.4. The van der Waals surface area contributed by atoms with Gasteiger partial charge in [-0.05, 0) is 37.3 Å². The normalized spacial score (nSPS) is 9.83. The van der Waals surface area contributed by atoms with Gasteiger partial charge >= 0.3 is 0 Å². The summed E-state index contributed by atoms with van der Waals surface area (Å²) in [6.45, 7) is 2.74. The van der Waals surface area contributed by atoms with E-state index in [0.29, 0.717) is 16.8 Å². The number of pyridine rings is 1. The zero-order valence-electron chi connectivity index (χ0n) is 9.94. The third-order valence-corrected chi connectivity index (χ3v) is 2.43. The monoisotopic (exact) mass is 241 g/mol. The fourth-order valence-electron chi connectivity index (χ4n) is 1.68. The molecule has 90 valence electrons. The van der Waals surface area contributed by atoms with Crippen LogP contribution in [0.1, 0.15) is 12.5 Å². The first kappa shape index (κ1) is 12.1. The van der Waals surface area contributed by atoms with Gasteiger partial charge in [-0.3, -0.25) is 0 Å². The van der Waals surface area contributed by atoms with E-state index in [2.05, 4.69) is 10.3 Å². The molecule has 2 aromatic rings. The van der Waals surface area contributed by atoms with Crippen LogP contribution in [0.4, 0.5) is 10.2 Å². The van der Waals surface area contributed by atoms with Gasteiger partial charge in [0.05, 0.1) is 17.3 Å². The molecule has 0 aliphatic heterocycles. The van der Waals surface area contributed by atoms with Crippen LogP contribution in [0.15, 0.2) is 36.4 Å². The van der Waals surface area contributed by atoms with Gasteiger partial charge in [-0.15, -0.1) is 0 Å². The first-order chi connectivity index (χ1) is 8.72. The van der Waals surface area contributed by atoms with E-state index in [9.17, 15) is 4.39 Å². The molecule has 1 N–H and O–H groups in total. The molecule has 0 saturated carbocycles. The molecule has 0 saturated heterocycles. The quantitative estimate of drug-likeness (QED) is 0.897. The Bertz CT molecular complexity index is 602. The average Bonchev–Trinajstić information content (AvgIpc) is 2.39. The van der Waals surface area contributed by atoms with Crippen molar-refractivity contribution >= 4 is 5.82 Å². The number of nitriles is 1. The maximum Gasteiger partial charge on any atom is 0.126 e. The lowest BCUT2D eigenvalue weighted by Gasteiger charge is -2.06. The molecule has 0 radical (unpaired) electrons. The van der Waals surface area contributed by atoms with Crippen molar-refractivity contribution in [1.82, 2.24) is 4.98 Å². The predicted molar refractivity (Wildman–Crippen MR) is 68.5 cm³/mol. The maximum absolute atomic E-state index is 13.4. The van der Waals surface area contributed by atoms with E-state index in [1.807, 2.05) is 25.1 Å². The smallest absolute Gasteiger partial charge is 0.126 e. The Morgan fingerprint density at radius 1 is 1.33 bits per heavy atom. The van der Waals surface area contributed by atoms with Crippen LogP contribution in [0.2, 0.25) is 0 Å². The van der Waals surface area contributed by atoms with Crippen molar-refractivity contribution in [3.63, 3.8) is 0 Å². The van der Waals surface area contributed by atoms with Crippen molar-refractivity contribution in [3.8, 4) is 17.3 Å². The number of benzene rings is 1. The number of hydrogen-bond donors (Lipinski definition) is 1. The molecule has 0 aliphatic rings. The largest absolute Gasteiger partial charge is 0.370 e. The van der Waals surface area contributed by atoms with Crippen molar-refractivity contribution < 1.29 is 4.39 Å². The molecule has 3 nitrogen and oxygen atoms in total. The minimum Gasteiger partial charge on any atom is -0.370 e. The van der Waals surface area contributed by atoms with Crippen molar-refractivity contribution in [2.75, 3.05) is 11.9 Å².